The van der Waals surface area contributed by atoms with Crippen LogP contribution in [0.15, 0.2) is 59.4 Å². The van der Waals surface area contributed by atoms with Crippen molar-refractivity contribution in [3.63, 3.8) is 0 Å². The number of aromatic nitrogens is 2. The zero-order valence-corrected chi connectivity index (χ0v) is 34.6. The van der Waals surface area contributed by atoms with Crippen molar-refractivity contribution in [2.24, 2.45) is 28.8 Å². The number of nitrogens with zero attached hydrogens (tertiary/aromatic N) is 3. The Labute approximate surface area is 342 Å². The molecule has 15 nitrogen and oxygen atoms in total. The molecule has 1 amide bonds. The van der Waals surface area contributed by atoms with E-state index in [1.54, 1.807) is 81.7 Å². The minimum Gasteiger partial charge on any atom is -0.505 e. The number of nitrogens with one attached hydrogen (secondary N) is 1. The van der Waals surface area contributed by atoms with Gasteiger partial charge in [-0.15, -0.1) is 0 Å². The maximum Gasteiger partial charge on any atom is 0.302 e. The number of anilines is 1. The highest BCUT2D eigenvalue weighted by Crippen LogP contribution is 2.33. The Morgan fingerprint density at radius 1 is 1.02 bits per heavy atom. The molecule has 0 radical (unpaired) electrons. The summed E-state index contributed by atoms with van der Waals surface area (Å²) < 4.78 is 18.9. The third kappa shape index (κ3) is 9.11. The molecule has 5 rings (SSSR count). The van der Waals surface area contributed by atoms with Crippen LogP contribution in [0.3, 0.4) is 0 Å². The number of aliphatic hydroxyl groups is 3. The van der Waals surface area contributed by atoms with Gasteiger partial charge in [0, 0.05) is 79.4 Å². The number of fused-ring (bicyclic) bond motifs is 5. The van der Waals surface area contributed by atoms with Gasteiger partial charge in [-0.05, 0) is 25.0 Å². The molecule has 0 saturated carbocycles. The number of pyridine rings is 1. The fraction of sp³-hybridized carbons (Fsp3) is 0.432. The number of hydrogen-bond acceptors (Lipinski definition) is 13. The number of phenolic OH excluding ortho intramolecular Hbond substituents is 1. The number of carbonyl (C=O) groups excluding carboxylic acids is 3. The molecule has 1 aliphatic carbocycles. The Hall–Kier alpha value is -5.79. The van der Waals surface area contributed by atoms with Gasteiger partial charge in [0.25, 0.3) is 5.91 Å². The Balaban J connectivity index is 1.83. The summed E-state index contributed by atoms with van der Waals surface area (Å²) in [5, 5.41) is 52.8. The first-order valence-corrected chi connectivity index (χ1v) is 19.2. The average molecular weight is 813 g/mol. The molecule has 9 atom stereocenters. The highest BCUT2D eigenvalue weighted by molar-refractivity contribution is 6.20. The predicted molar refractivity (Wildman–Crippen MR) is 222 cm³/mol. The topological polar surface area (TPSA) is 211 Å². The molecule has 0 fully saturated rings. The van der Waals surface area contributed by atoms with Crippen LogP contribution in [0.25, 0.3) is 28.0 Å². The van der Waals surface area contributed by atoms with Gasteiger partial charge in [0.2, 0.25) is 0 Å². The largest absolute Gasteiger partial charge is 0.505 e. The lowest BCUT2D eigenvalue weighted by Gasteiger charge is -2.38. The zero-order valence-electron chi connectivity index (χ0n) is 34.6. The van der Waals surface area contributed by atoms with E-state index in [4.69, 9.17) is 24.0 Å². The molecule has 4 bridgehead atoms. The summed E-state index contributed by atoms with van der Waals surface area (Å²) in [4.78, 5) is 50.5. The van der Waals surface area contributed by atoms with Gasteiger partial charge in [-0.3, -0.25) is 18.8 Å². The highest BCUT2D eigenvalue weighted by atomic mass is 16.6. The molecule has 314 valence electrons. The number of imidazole rings is 1. The third-order valence-corrected chi connectivity index (χ3v) is 11.1. The predicted octanol–water partition coefficient (Wildman–Crippen LogP) is 3.21. The number of benzene rings is 1. The van der Waals surface area contributed by atoms with Crippen LogP contribution in [0.4, 0.5) is 5.69 Å². The molecule has 0 saturated heterocycles. The van der Waals surface area contributed by atoms with E-state index in [0.717, 1.165) is 0 Å². The van der Waals surface area contributed by atoms with E-state index in [9.17, 15) is 34.8 Å². The number of esters is 1. The minimum atomic E-state index is -1.18. The second-order valence-corrected chi connectivity index (χ2v) is 15.0. The lowest BCUT2D eigenvalue weighted by molar-refractivity contribution is -0.160. The number of phenols is 1. The Morgan fingerprint density at radius 2 is 1.75 bits per heavy atom. The van der Waals surface area contributed by atoms with Crippen molar-refractivity contribution in [1.82, 2.24) is 9.38 Å². The fourth-order valence-corrected chi connectivity index (χ4v) is 7.71. The number of amides is 1. The summed E-state index contributed by atoms with van der Waals surface area (Å²) in [6.07, 6.45) is 6.06. The molecule has 2 aliphatic rings. The maximum atomic E-state index is 14.5. The van der Waals surface area contributed by atoms with Crippen LogP contribution >= 0.6 is 0 Å². The molecule has 1 aromatic carbocycles. The smallest absolute Gasteiger partial charge is 0.302 e. The zero-order chi connectivity index (χ0) is 43.3. The number of methoxy groups -OCH3 is 2. The number of aliphatic hydroxyl groups excluding tert-OH is 3. The van der Waals surface area contributed by atoms with Gasteiger partial charge in [0.15, 0.2) is 17.3 Å². The normalized spacial score (nSPS) is 29.3. The van der Waals surface area contributed by atoms with Crippen molar-refractivity contribution in [3.05, 3.63) is 70.3 Å². The molecule has 2 aromatic heterocycles. The molecular formula is C44H52N4O11. The summed E-state index contributed by atoms with van der Waals surface area (Å²) >= 11 is 0. The number of rotatable bonds is 5. The molecule has 59 heavy (non-hydrogen) atoms. The summed E-state index contributed by atoms with van der Waals surface area (Å²) in [5.41, 5.74) is 1.38. The monoisotopic (exact) mass is 812 g/mol. The number of ether oxygens (including phenoxy) is 3. The lowest BCUT2D eigenvalue weighted by atomic mass is 9.78. The van der Waals surface area contributed by atoms with Crippen molar-refractivity contribution in [2.45, 2.75) is 78.5 Å². The number of ketones is 1. The Kier molecular flexibility index (Phi) is 14.2. The SMILES string of the molecule is CO/N=C/c1ccn2c(c1)nc1c3c4c(O)c(c12)NC(=O)/C(C)=C\C=C\[C@H](C)[C@H](O)[C@@H](C)[C@@H](O)[C@@H](C)[C@H](OC(C)=O)[C@H](C)[C@@H](OC)/C=C/CC(=O)C=3C(OC)C#CC=4O. The van der Waals surface area contributed by atoms with Gasteiger partial charge in [-0.2, -0.15) is 0 Å². The van der Waals surface area contributed by atoms with Gasteiger partial charge >= 0.3 is 5.97 Å². The quantitative estimate of drug-likeness (QED) is 0.0629. The Morgan fingerprint density at radius 3 is 2.41 bits per heavy atom. The van der Waals surface area contributed by atoms with Gasteiger partial charge in [0.05, 0.1) is 29.7 Å². The second kappa shape index (κ2) is 18.9. The number of Topliss-reactive ketones (excluding diaryl/α,β-unsaturated/α-hetero) is 1. The van der Waals surface area contributed by atoms with E-state index in [1.807, 2.05) is 0 Å². The number of aromatic hydroxyl groups is 1. The summed E-state index contributed by atoms with van der Waals surface area (Å²) in [6.45, 7) is 9.84. The van der Waals surface area contributed by atoms with Crippen LogP contribution in [-0.4, -0.2) is 106 Å². The van der Waals surface area contributed by atoms with Crippen LogP contribution in [0.1, 0.15) is 53.5 Å². The van der Waals surface area contributed by atoms with E-state index in [-0.39, 0.29) is 44.7 Å². The number of hydrogen-bond donors (Lipinski definition) is 5. The van der Waals surface area contributed by atoms with Crippen LogP contribution in [0.2, 0.25) is 0 Å². The fourth-order valence-electron chi connectivity index (χ4n) is 7.71. The van der Waals surface area contributed by atoms with Crippen molar-refractivity contribution in [1.29, 1.82) is 0 Å². The molecule has 15 heteroatoms. The van der Waals surface area contributed by atoms with Crippen LogP contribution < -0.4 is 15.8 Å². The first kappa shape index (κ1) is 44.3. The number of oxime groups is 1. The van der Waals surface area contributed by atoms with Gasteiger partial charge in [-0.1, -0.05) is 69.2 Å². The first-order chi connectivity index (χ1) is 28.1. The van der Waals surface area contributed by atoms with Crippen molar-refractivity contribution < 1.29 is 53.9 Å². The summed E-state index contributed by atoms with van der Waals surface area (Å²) in [5.74, 6) is 0.206. The summed E-state index contributed by atoms with van der Waals surface area (Å²) in [6, 6.07) is 3.39. The third-order valence-electron chi connectivity index (χ3n) is 11.1. The molecule has 3 aromatic rings. The molecule has 1 aliphatic heterocycles. The Bertz CT molecular complexity index is 2440. The van der Waals surface area contributed by atoms with E-state index >= 15 is 0 Å². The molecule has 5 N–H and O–H groups in total. The highest BCUT2D eigenvalue weighted by Gasteiger charge is 2.39. The van der Waals surface area contributed by atoms with Gasteiger partial charge < -0.3 is 44.8 Å². The molecular weight excluding hydrogens is 761 g/mol. The van der Waals surface area contributed by atoms with Crippen molar-refractivity contribution >= 4 is 57.6 Å². The van der Waals surface area contributed by atoms with E-state index in [0.29, 0.717) is 11.2 Å². The maximum absolute atomic E-state index is 14.5. The van der Waals surface area contributed by atoms with Gasteiger partial charge in [0.1, 0.15) is 41.7 Å². The van der Waals surface area contributed by atoms with Crippen LogP contribution in [0, 0.1) is 35.5 Å². The number of allylic oxidation sites excluding steroid dienone is 3. The van der Waals surface area contributed by atoms with Crippen LogP contribution in [-0.2, 0) is 33.4 Å². The van der Waals surface area contributed by atoms with Crippen molar-refractivity contribution in [2.75, 3.05) is 26.6 Å². The molecule has 0 spiro atoms. The molecule has 3 heterocycles. The first-order valence-electron chi connectivity index (χ1n) is 19.2. The van der Waals surface area contributed by atoms with Crippen molar-refractivity contribution in [3.8, 4) is 17.6 Å². The lowest BCUT2D eigenvalue weighted by Crippen LogP contribution is -2.46. The second-order valence-electron chi connectivity index (χ2n) is 15.0. The number of carbonyl (C=O) groups is 3. The van der Waals surface area contributed by atoms with E-state index in [2.05, 4.69) is 22.3 Å². The summed E-state index contributed by atoms with van der Waals surface area (Å²) in [7, 11) is 4.23. The molecule has 1 unspecified atom stereocenters. The minimum absolute atomic E-state index is 0.00993. The standard InChI is InChI=1S/C44H52N4O11/c1-22-12-10-13-23(2)44(55)47-38-39-37(46-33-20-28(21-45-58-9)18-19-48(33)39)36-34(32(57-8)17-16-30(51)35(36)42(38)54)29(50)14-11-15-31(56-7)24(3)43(59-27(6)49)26(5)41(53)25(4)40(22)52/h10-13,15,18-22,24-26,31-32,40-41,43,51-54H,14H2,1-9H3,(H,47,55)/b12-10+,15-11+,23-13-,45-21+/t22-,24+,25+,26+,31-,32?,40-,41+,43+/m0/s1. The van der Waals surface area contributed by atoms with E-state index < -0.39 is 83.4 Å². The van der Waals surface area contributed by atoms with Crippen LogP contribution in [0.5, 0.6) is 5.75 Å². The van der Waals surface area contributed by atoms with E-state index in [1.165, 1.54) is 40.5 Å². The average Bonchev–Trinajstić information content (AvgIpc) is 3.51. The van der Waals surface area contributed by atoms with Gasteiger partial charge in [-0.25, -0.2) is 4.98 Å².